The predicted molar refractivity (Wildman–Crippen MR) is 112 cm³/mol. The molecule has 7 nitrogen and oxygen atoms in total. The molecule has 2 aromatic carbocycles. The van der Waals surface area contributed by atoms with Crippen LogP contribution >= 0.6 is 11.6 Å². The van der Waals surface area contributed by atoms with E-state index in [1.54, 1.807) is 17.0 Å². The van der Waals surface area contributed by atoms with Gasteiger partial charge in [-0.3, -0.25) is 4.79 Å². The van der Waals surface area contributed by atoms with Crippen LogP contribution in [0, 0.1) is 0 Å². The summed E-state index contributed by atoms with van der Waals surface area (Å²) >= 11 is 5.85. The largest absolute Gasteiger partial charge is 0.494 e. The van der Waals surface area contributed by atoms with Crippen molar-refractivity contribution in [2.75, 3.05) is 20.2 Å². The second kappa shape index (κ2) is 10.6. The molecule has 0 aliphatic heterocycles. The summed E-state index contributed by atoms with van der Waals surface area (Å²) in [5.74, 6) is 1.47. The molecule has 0 radical (unpaired) electrons. The fraction of sp³-hybridized carbons (Fsp3) is 0.333. The first-order valence-corrected chi connectivity index (χ1v) is 9.95. The van der Waals surface area contributed by atoms with Crippen molar-refractivity contribution in [3.63, 3.8) is 0 Å². The highest BCUT2D eigenvalue weighted by atomic mass is 35.5. The van der Waals surface area contributed by atoms with Crippen LogP contribution in [0.2, 0.25) is 5.02 Å². The van der Waals surface area contributed by atoms with Crippen molar-refractivity contribution < 1.29 is 9.53 Å². The highest BCUT2D eigenvalue weighted by Crippen LogP contribution is 2.15. The number of carbonyl (C=O) groups is 1. The molecule has 3 rings (SSSR count). The molecule has 1 aromatic heterocycles. The van der Waals surface area contributed by atoms with E-state index in [0.29, 0.717) is 43.4 Å². The van der Waals surface area contributed by atoms with E-state index in [1.165, 1.54) is 4.80 Å². The highest BCUT2D eigenvalue weighted by molar-refractivity contribution is 6.30. The SMILES string of the molecule is CN(CCCOc1ccc(Cl)cc1)C(=O)CCCn1nnc(-c2ccccc2)n1. The lowest BCUT2D eigenvalue weighted by Gasteiger charge is -2.17. The molecule has 29 heavy (non-hydrogen) atoms. The number of tetrazole rings is 1. The Kier molecular flexibility index (Phi) is 7.58. The number of hydrogen-bond acceptors (Lipinski definition) is 5. The molecule has 0 atom stereocenters. The number of aryl methyl sites for hydroxylation is 1. The normalized spacial score (nSPS) is 10.7. The molecule has 0 spiro atoms. The lowest BCUT2D eigenvalue weighted by molar-refractivity contribution is -0.130. The van der Waals surface area contributed by atoms with E-state index in [9.17, 15) is 4.79 Å². The molecule has 0 aliphatic carbocycles. The van der Waals surface area contributed by atoms with Gasteiger partial charge in [0.1, 0.15) is 5.75 Å². The number of rotatable bonds is 10. The van der Waals surface area contributed by atoms with Gasteiger partial charge in [-0.25, -0.2) is 0 Å². The van der Waals surface area contributed by atoms with Crippen molar-refractivity contribution in [2.24, 2.45) is 0 Å². The van der Waals surface area contributed by atoms with Crippen LogP contribution in [0.1, 0.15) is 19.3 Å². The summed E-state index contributed by atoms with van der Waals surface area (Å²) < 4.78 is 5.65. The Morgan fingerprint density at radius 3 is 2.62 bits per heavy atom. The van der Waals surface area contributed by atoms with Crippen LogP contribution < -0.4 is 4.74 Å². The van der Waals surface area contributed by atoms with Crippen LogP contribution in [0.15, 0.2) is 54.6 Å². The van der Waals surface area contributed by atoms with Crippen LogP contribution in [0.4, 0.5) is 0 Å². The van der Waals surface area contributed by atoms with E-state index < -0.39 is 0 Å². The third-order valence-corrected chi connectivity index (χ3v) is 4.63. The van der Waals surface area contributed by atoms with Crippen molar-refractivity contribution >= 4 is 17.5 Å². The molecule has 0 bridgehead atoms. The number of hydrogen-bond donors (Lipinski definition) is 0. The molecule has 0 saturated carbocycles. The number of halogens is 1. The summed E-state index contributed by atoms with van der Waals surface area (Å²) in [6, 6.07) is 16.9. The Hall–Kier alpha value is -2.93. The average Bonchev–Trinajstić information content (AvgIpc) is 3.22. The van der Waals surface area contributed by atoms with Crippen LogP contribution in [0.25, 0.3) is 11.4 Å². The Morgan fingerprint density at radius 1 is 1.10 bits per heavy atom. The Morgan fingerprint density at radius 2 is 1.86 bits per heavy atom. The molecule has 1 amide bonds. The molecule has 8 heteroatoms. The number of carbonyl (C=O) groups excluding carboxylic acids is 1. The van der Waals surface area contributed by atoms with Crippen molar-refractivity contribution in [3.8, 4) is 17.1 Å². The second-order valence-corrected chi connectivity index (χ2v) is 7.09. The maximum atomic E-state index is 12.3. The van der Waals surface area contributed by atoms with E-state index in [-0.39, 0.29) is 5.91 Å². The lowest BCUT2D eigenvalue weighted by atomic mass is 10.2. The van der Waals surface area contributed by atoms with Crippen molar-refractivity contribution in [3.05, 3.63) is 59.6 Å². The lowest BCUT2D eigenvalue weighted by Crippen LogP contribution is -2.28. The zero-order chi connectivity index (χ0) is 20.5. The number of amides is 1. The third-order valence-electron chi connectivity index (χ3n) is 4.38. The quantitative estimate of drug-likeness (QED) is 0.474. The molecule has 0 N–H and O–H groups in total. The molecular formula is C21H24ClN5O2. The standard InChI is InChI=1S/C21H24ClN5O2/c1-26(14-6-16-29-19-12-10-18(22)11-13-19)20(28)9-5-15-27-24-21(23-25-27)17-7-3-2-4-8-17/h2-4,7-8,10-13H,5-6,9,14-16H2,1H3. The topological polar surface area (TPSA) is 73.1 Å². The fourth-order valence-electron chi connectivity index (χ4n) is 2.75. The van der Waals surface area contributed by atoms with Gasteiger partial charge >= 0.3 is 0 Å². The zero-order valence-electron chi connectivity index (χ0n) is 16.4. The van der Waals surface area contributed by atoms with Gasteiger partial charge in [0.05, 0.1) is 13.2 Å². The van der Waals surface area contributed by atoms with Crippen LogP contribution in [0.3, 0.4) is 0 Å². The molecule has 3 aromatic rings. The van der Waals surface area contributed by atoms with Crippen LogP contribution in [0.5, 0.6) is 5.75 Å². The van der Waals surface area contributed by atoms with Gasteiger partial charge in [0.15, 0.2) is 0 Å². The monoisotopic (exact) mass is 413 g/mol. The van der Waals surface area contributed by atoms with Crippen LogP contribution in [-0.4, -0.2) is 51.2 Å². The molecule has 1 heterocycles. The van der Waals surface area contributed by atoms with Crippen molar-refractivity contribution in [1.29, 1.82) is 0 Å². The number of benzene rings is 2. The van der Waals surface area contributed by atoms with Gasteiger partial charge in [-0.05, 0) is 42.3 Å². The average molecular weight is 414 g/mol. The molecule has 0 aliphatic rings. The second-order valence-electron chi connectivity index (χ2n) is 6.65. The number of nitrogens with zero attached hydrogens (tertiary/aromatic N) is 5. The van der Waals surface area contributed by atoms with E-state index in [2.05, 4.69) is 15.4 Å². The summed E-state index contributed by atoms with van der Waals surface area (Å²) in [7, 11) is 1.81. The summed E-state index contributed by atoms with van der Waals surface area (Å²) in [4.78, 5) is 15.5. The number of aromatic nitrogens is 4. The van der Waals surface area contributed by atoms with Crippen LogP contribution in [-0.2, 0) is 11.3 Å². The molecule has 0 saturated heterocycles. The van der Waals surface area contributed by atoms with Crippen molar-refractivity contribution in [1.82, 2.24) is 25.1 Å². The van der Waals surface area contributed by atoms with E-state index in [0.717, 1.165) is 17.7 Å². The van der Waals surface area contributed by atoms with Crippen molar-refractivity contribution in [2.45, 2.75) is 25.8 Å². The van der Waals surface area contributed by atoms with Gasteiger partial charge in [0.2, 0.25) is 11.7 Å². The Balaban J connectivity index is 1.33. The van der Waals surface area contributed by atoms with Gasteiger partial charge < -0.3 is 9.64 Å². The van der Waals surface area contributed by atoms with Gasteiger partial charge in [-0.1, -0.05) is 41.9 Å². The third kappa shape index (κ3) is 6.57. The minimum Gasteiger partial charge on any atom is -0.494 e. The van der Waals surface area contributed by atoms with Gasteiger partial charge in [-0.15, -0.1) is 10.2 Å². The minimum absolute atomic E-state index is 0.0971. The minimum atomic E-state index is 0.0971. The zero-order valence-corrected chi connectivity index (χ0v) is 17.1. The highest BCUT2D eigenvalue weighted by Gasteiger charge is 2.10. The maximum absolute atomic E-state index is 12.3. The summed E-state index contributed by atoms with van der Waals surface area (Å²) in [6.07, 6.45) is 1.86. The molecular weight excluding hydrogens is 390 g/mol. The first-order chi connectivity index (χ1) is 14.1. The maximum Gasteiger partial charge on any atom is 0.222 e. The van der Waals surface area contributed by atoms with Gasteiger partial charge in [0, 0.05) is 30.6 Å². The summed E-state index contributed by atoms with van der Waals surface area (Å²) in [5.41, 5.74) is 0.926. The summed E-state index contributed by atoms with van der Waals surface area (Å²) in [6.45, 7) is 1.75. The van der Waals surface area contributed by atoms with Gasteiger partial charge in [-0.2, -0.15) is 4.80 Å². The summed E-state index contributed by atoms with van der Waals surface area (Å²) in [5, 5.41) is 13.2. The van der Waals surface area contributed by atoms with E-state index in [4.69, 9.17) is 16.3 Å². The molecule has 0 fully saturated rings. The van der Waals surface area contributed by atoms with E-state index in [1.807, 2.05) is 49.5 Å². The van der Waals surface area contributed by atoms with Gasteiger partial charge in [0.25, 0.3) is 0 Å². The Bertz CT molecular complexity index is 899. The fourth-order valence-corrected chi connectivity index (χ4v) is 2.88. The first-order valence-electron chi connectivity index (χ1n) is 9.57. The molecule has 152 valence electrons. The number of ether oxygens (including phenoxy) is 1. The molecule has 0 unspecified atom stereocenters. The first kappa shape index (κ1) is 20.8. The Labute approximate surface area is 175 Å². The predicted octanol–water partition coefficient (Wildman–Crippen LogP) is 3.70. The smallest absolute Gasteiger partial charge is 0.222 e. The van der Waals surface area contributed by atoms with E-state index >= 15 is 0 Å².